The van der Waals surface area contributed by atoms with Gasteiger partial charge in [0.15, 0.2) is 6.61 Å². The van der Waals surface area contributed by atoms with E-state index in [2.05, 4.69) is 11.4 Å². The van der Waals surface area contributed by atoms with Crippen LogP contribution in [0.3, 0.4) is 0 Å². The number of nitrogens with one attached hydrogen (secondary N) is 1. The number of anilines is 2. The summed E-state index contributed by atoms with van der Waals surface area (Å²) in [4.78, 5) is 38.8. The number of nitro benzene ring substituents is 1. The lowest BCUT2D eigenvalue weighted by molar-refractivity contribution is -0.384. The zero-order valence-corrected chi connectivity index (χ0v) is 22.7. The molecule has 2 heterocycles. The number of rotatable bonds is 8. The van der Waals surface area contributed by atoms with Crippen LogP contribution in [0.1, 0.15) is 41.6 Å². The van der Waals surface area contributed by atoms with E-state index < -0.39 is 23.4 Å². The van der Waals surface area contributed by atoms with Crippen LogP contribution in [0.5, 0.6) is 0 Å². The van der Waals surface area contributed by atoms with E-state index in [1.54, 1.807) is 6.07 Å². The van der Waals surface area contributed by atoms with Crippen molar-refractivity contribution in [2.24, 2.45) is 0 Å². The number of amides is 1. The van der Waals surface area contributed by atoms with E-state index in [0.29, 0.717) is 35.7 Å². The van der Waals surface area contributed by atoms with E-state index in [0.717, 1.165) is 31.2 Å². The molecule has 4 aromatic rings. The molecule has 3 aromatic carbocycles. The molecule has 0 unspecified atom stereocenters. The number of nitrogens with zero attached hydrogens (tertiary/aromatic N) is 3. The first kappa shape index (κ1) is 28.1. The van der Waals surface area contributed by atoms with Gasteiger partial charge in [-0.25, -0.2) is 4.79 Å². The van der Waals surface area contributed by atoms with Gasteiger partial charge in [-0.3, -0.25) is 20.2 Å². The van der Waals surface area contributed by atoms with Crippen molar-refractivity contribution in [2.75, 3.05) is 29.9 Å². The van der Waals surface area contributed by atoms with Crippen LogP contribution in [-0.4, -0.2) is 36.5 Å². The quantitative estimate of drug-likeness (QED) is 0.144. The summed E-state index contributed by atoms with van der Waals surface area (Å²) < 4.78 is 11.2. The molecule has 212 valence electrons. The molecule has 1 amide bonds. The molecule has 0 bridgehead atoms. The highest BCUT2D eigenvalue weighted by Crippen LogP contribution is 2.41. The van der Waals surface area contributed by atoms with Gasteiger partial charge < -0.3 is 14.1 Å². The van der Waals surface area contributed by atoms with Gasteiger partial charge >= 0.3 is 5.97 Å². The van der Waals surface area contributed by atoms with Gasteiger partial charge in [0.25, 0.3) is 11.6 Å². The van der Waals surface area contributed by atoms with Crippen molar-refractivity contribution in [3.63, 3.8) is 0 Å². The monoisotopic (exact) mass is 564 g/mol. The Morgan fingerprint density at radius 3 is 2.21 bits per heavy atom. The lowest BCUT2D eigenvalue weighted by Gasteiger charge is -2.22. The van der Waals surface area contributed by atoms with E-state index in [-0.39, 0.29) is 22.7 Å². The summed E-state index contributed by atoms with van der Waals surface area (Å²) in [6.07, 6.45) is 4.04. The molecule has 1 saturated heterocycles. The predicted octanol–water partition coefficient (Wildman–Crippen LogP) is 6.57. The second-order valence-electron chi connectivity index (χ2n) is 9.84. The molecule has 1 N–H and O–H groups in total. The Bertz CT molecular complexity index is 1630. The smallest absolute Gasteiger partial charge is 0.338 e. The molecular formula is C32H28N4O6. The van der Waals surface area contributed by atoms with Crippen LogP contribution in [-0.2, 0) is 9.53 Å². The maximum atomic E-state index is 12.8. The maximum absolute atomic E-state index is 12.8. The van der Waals surface area contributed by atoms with Gasteiger partial charge in [-0.2, -0.15) is 5.26 Å². The number of ether oxygens (including phenoxy) is 1. The fourth-order valence-electron chi connectivity index (χ4n) is 5.05. The second kappa shape index (κ2) is 12.8. The van der Waals surface area contributed by atoms with Crippen LogP contribution in [0, 0.1) is 21.4 Å². The van der Waals surface area contributed by atoms with Crippen molar-refractivity contribution < 1.29 is 23.7 Å². The summed E-state index contributed by atoms with van der Waals surface area (Å²) in [7, 11) is 0. The zero-order chi connectivity index (χ0) is 29.5. The van der Waals surface area contributed by atoms with Gasteiger partial charge in [-0.15, -0.1) is 0 Å². The summed E-state index contributed by atoms with van der Waals surface area (Å²) in [6, 6.07) is 24.7. The van der Waals surface area contributed by atoms with Crippen LogP contribution in [0.15, 0.2) is 83.3 Å². The van der Waals surface area contributed by atoms with E-state index >= 15 is 0 Å². The minimum Gasteiger partial charge on any atom is -0.452 e. The SMILES string of the molecule is N#Cc1c(NC(=O)COC(=O)c2ccc(N3CCCCCC3)c([N+](=O)[O-])c2)oc(-c2ccccc2)c1-c1ccccc1. The van der Waals surface area contributed by atoms with E-state index in [1.165, 1.54) is 12.1 Å². The number of carbonyl (C=O) groups is 2. The van der Waals surface area contributed by atoms with Gasteiger partial charge in [-0.1, -0.05) is 73.5 Å². The molecule has 1 aliphatic rings. The van der Waals surface area contributed by atoms with Crippen molar-refractivity contribution in [1.82, 2.24) is 0 Å². The number of hydrogen-bond donors (Lipinski definition) is 1. The van der Waals surface area contributed by atoms with Gasteiger partial charge in [0, 0.05) is 30.3 Å². The normalized spacial score (nSPS) is 13.1. The maximum Gasteiger partial charge on any atom is 0.338 e. The van der Waals surface area contributed by atoms with E-state index in [9.17, 15) is 25.0 Å². The highest BCUT2D eigenvalue weighted by molar-refractivity contribution is 5.98. The molecule has 1 aliphatic heterocycles. The van der Waals surface area contributed by atoms with Crippen molar-refractivity contribution in [1.29, 1.82) is 5.26 Å². The fraction of sp³-hybridized carbons (Fsp3) is 0.219. The number of hydrogen-bond acceptors (Lipinski definition) is 8. The Morgan fingerprint density at radius 2 is 1.60 bits per heavy atom. The molecule has 0 saturated carbocycles. The van der Waals surface area contributed by atoms with Gasteiger partial charge in [0.1, 0.15) is 23.1 Å². The molecule has 0 spiro atoms. The minimum atomic E-state index is -0.884. The summed E-state index contributed by atoms with van der Waals surface area (Å²) in [5.74, 6) is -1.29. The summed E-state index contributed by atoms with van der Waals surface area (Å²) >= 11 is 0. The summed E-state index contributed by atoms with van der Waals surface area (Å²) in [5, 5.41) is 24.3. The Balaban J connectivity index is 1.33. The van der Waals surface area contributed by atoms with E-state index in [1.807, 2.05) is 65.6 Å². The highest BCUT2D eigenvalue weighted by Gasteiger charge is 2.26. The average Bonchev–Trinajstić information content (AvgIpc) is 3.17. The number of furan rings is 1. The Hall–Kier alpha value is -5.43. The van der Waals surface area contributed by atoms with Crippen molar-refractivity contribution in [3.8, 4) is 28.5 Å². The van der Waals surface area contributed by atoms with Gasteiger partial charge in [0.2, 0.25) is 5.88 Å². The Labute approximate surface area is 242 Å². The Morgan fingerprint density at radius 1 is 0.952 bits per heavy atom. The van der Waals surface area contributed by atoms with Crippen molar-refractivity contribution >= 4 is 29.1 Å². The number of nitro groups is 1. The number of benzene rings is 3. The lowest BCUT2D eigenvalue weighted by Crippen LogP contribution is -2.25. The topological polar surface area (TPSA) is 139 Å². The van der Waals surface area contributed by atoms with Crippen LogP contribution < -0.4 is 10.2 Å². The molecule has 1 aromatic heterocycles. The largest absolute Gasteiger partial charge is 0.452 e. The van der Waals surface area contributed by atoms with Crippen LogP contribution >= 0.6 is 0 Å². The van der Waals surface area contributed by atoms with Gasteiger partial charge in [-0.05, 0) is 30.5 Å². The third-order valence-corrected chi connectivity index (χ3v) is 7.06. The first-order valence-electron chi connectivity index (χ1n) is 13.6. The van der Waals surface area contributed by atoms with Gasteiger partial charge in [0.05, 0.1) is 10.5 Å². The third kappa shape index (κ3) is 6.15. The number of nitriles is 1. The molecule has 5 rings (SSSR count). The first-order chi connectivity index (χ1) is 20.5. The fourth-order valence-corrected chi connectivity index (χ4v) is 5.05. The van der Waals surface area contributed by atoms with Crippen LogP contribution in [0.2, 0.25) is 0 Å². The number of carbonyl (C=O) groups excluding carboxylic acids is 2. The van der Waals surface area contributed by atoms with E-state index in [4.69, 9.17) is 9.15 Å². The average molecular weight is 565 g/mol. The summed E-state index contributed by atoms with van der Waals surface area (Å²) in [6.45, 7) is 0.730. The first-order valence-corrected chi connectivity index (χ1v) is 13.6. The molecule has 0 aliphatic carbocycles. The molecule has 1 fully saturated rings. The van der Waals surface area contributed by atoms with Crippen LogP contribution in [0.25, 0.3) is 22.5 Å². The van der Waals surface area contributed by atoms with Crippen molar-refractivity contribution in [3.05, 3.63) is 100 Å². The highest BCUT2D eigenvalue weighted by atomic mass is 16.6. The predicted molar refractivity (Wildman–Crippen MR) is 157 cm³/mol. The zero-order valence-electron chi connectivity index (χ0n) is 22.7. The molecule has 0 radical (unpaired) electrons. The standard InChI is InChI=1S/C32H28N4O6/c33-20-25-29(22-11-5-3-6-12-22)30(23-13-7-4-8-14-23)42-31(25)34-28(37)21-41-32(38)24-15-16-26(27(19-24)36(39)40)35-17-9-1-2-10-18-35/h3-8,11-16,19H,1-2,9-10,17-18,21H2,(H,34,37). The molecule has 42 heavy (non-hydrogen) atoms. The summed E-state index contributed by atoms with van der Waals surface area (Å²) in [5.41, 5.74) is 2.32. The molecule has 10 nitrogen and oxygen atoms in total. The third-order valence-electron chi connectivity index (χ3n) is 7.06. The van der Waals surface area contributed by atoms with Crippen molar-refractivity contribution in [2.45, 2.75) is 25.7 Å². The lowest BCUT2D eigenvalue weighted by atomic mass is 9.98. The number of esters is 1. The Kier molecular flexibility index (Phi) is 8.58. The molecule has 10 heteroatoms. The molecular weight excluding hydrogens is 536 g/mol. The second-order valence-corrected chi connectivity index (χ2v) is 9.84. The molecule has 0 atom stereocenters. The minimum absolute atomic E-state index is 0.0403. The van der Waals surface area contributed by atoms with Crippen LogP contribution in [0.4, 0.5) is 17.3 Å².